The Labute approximate surface area is 187 Å². The third-order valence-electron chi connectivity index (χ3n) is 3.91. The van der Waals surface area contributed by atoms with Crippen LogP contribution in [0.2, 0.25) is 0 Å². The molecule has 0 saturated heterocycles. The normalized spacial score (nSPS) is 12.7. The quantitative estimate of drug-likeness (QED) is 0.173. The number of rotatable bonds is 19. The molecule has 30 heavy (non-hydrogen) atoms. The topological polar surface area (TPSA) is 54.4 Å². The average Bonchev–Trinajstić information content (AvgIpc) is 2.72. The lowest BCUT2D eigenvalue weighted by Gasteiger charge is -1.98. The molecule has 0 atom stereocenters. The molecule has 0 spiro atoms. The van der Waals surface area contributed by atoms with Gasteiger partial charge in [0.2, 0.25) is 0 Å². The lowest BCUT2D eigenvalue weighted by molar-refractivity contribution is -0.133. The summed E-state index contributed by atoms with van der Waals surface area (Å²) >= 11 is 1.36. The molecule has 0 unspecified atom stereocenters. The van der Waals surface area contributed by atoms with Gasteiger partial charge in [0.15, 0.2) is 0 Å². The highest BCUT2D eigenvalue weighted by Gasteiger charge is 2.00. The molecule has 0 heterocycles. The molecule has 0 bridgehead atoms. The maximum atomic E-state index is 11.7. The Morgan fingerprint density at radius 1 is 0.700 bits per heavy atom. The molecule has 0 saturated carbocycles. The van der Waals surface area contributed by atoms with Crippen LogP contribution in [0.1, 0.15) is 64.7 Å². The molecular formula is C26H38O3S. The summed E-state index contributed by atoms with van der Waals surface area (Å²) in [5, 5.41) is 8.53. The molecule has 0 rings (SSSR count). The maximum Gasteiger partial charge on any atom is 0.313 e. The number of carbonyl (C=O) groups is 2. The maximum absolute atomic E-state index is 11.7. The van der Waals surface area contributed by atoms with E-state index in [1.54, 1.807) is 0 Å². The second-order valence-electron chi connectivity index (χ2n) is 6.71. The van der Waals surface area contributed by atoms with Crippen molar-refractivity contribution in [3.63, 3.8) is 0 Å². The van der Waals surface area contributed by atoms with E-state index >= 15 is 0 Å². The van der Waals surface area contributed by atoms with Crippen molar-refractivity contribution in [3.8, 4) is 0 Å². The van der Waals surface area contributed by atoms with Crippen LogP contribution in [-0.2, 0) is 9.59 Å². The van der Waals surface area contributed by atoms with E-state index in [9.17, 15) is 9.59 Å². The van der Waals surface area contributed by atoms with E-state index in [1.165, 1.54) is 11.8 Å². The fourth-order valence-corrected chi connectivity index (χ4v) is 3.04. The number of carbonyl (C=O) groups excluding carboxylic acids is 1. The standard InChI is InChI=1S/C26H38O3S/c1-2-3-4-5-6-7-8-9-10-11-12-13-14-15-16-17-18-19-21-25(27)22-20-23-30-24-26(28)29/h3-4,6-7,9-10,12-13,15-16,18-19H,2,5,8,11,14,17,20-24H2,1H3,(H,28,29)/b4-3-,7-6-,10-9-,13-12-,16-15-,19-18-. The van der Waals surface area contributed by atoms with Gasteiger partial charge in [0.1, 0.15) is 5.78 Å². The summed E-state index contributed by atoms with van der Waals surface area (Å²) in [5.74, 6) is 0.249. The van der Waals surface area contributed by atoms with E-state index < -0.39 is 5.97 Å². The van der Waals surface area contributed by atoms with Crippen LogP contribution >= 0.6 is 11.8 Å². The third kappa shape index (κ3) is 24.0. The summed E-state index contributed by atoms with van der Waals surface area (Å²) in [6.07, 6.45) is 33.3. The van der Waals surface area contributed by atoms with Gasteiger partial charge in [0, 0.05) is 12.8 Å². The van der Waals surface area contributed by atoms with Gasteiger partial charge in [-0.05, 0) is 50.7 Å². The Hall–Kier alpha value is -2.07. The molecule has 0 aromatic carbocycles. The second kappa shape index (κ2) is 23.2. The predicted octanol–water partition coefficient (Wildman–Crippen LogP) is 7.24. The van der Waals surface area contributed by atoms with Gasteiger partial charge in [-0.25, -0.2) is 0 Å². The highest BCUT2D eigenvalue weighted by Crippen LogP contribution is 2.06. The van der Waals surface area contributed by atoms with E-state index in [0.29, 0.717) is 12.8 Å². The van der Waals surface area contributed by atoms with E-state index in [0.717, 1.165) is 50.7 Å². The third-order valence-corrected chi connectivity index (χ3v) is 4.94. The van der Waals surface area contributed by atoms with Gasteiger partial charge in [0.25, 0.3) is 0 Å². The Morgan fingerprint density at radius 2 is 1.13 bits per heavy atom. The molecule has 0 amide bonds. The van der Waals surface area contributed by atoms with Gasteiger partial charge in [-0.1, -0.05) is 79.8 Å². The van der Waals surface area contributed by atoms with E-state index in [-0.39, 0.29) is 11.5 Å². The summed E-state index contributed by atoms with van der Waals surface area (Å²) in [4.78, 5) is 22.1. The van der Waals surface area contributed by atoms with Crippen LogP contribution < -0.4 is 0 Å². The van der Waals surface area contributed by atoms with E-state index in [2.05, 4.69) is 67.7 Å². The summed E-state index contributed by atoms with van der Waals surface area (Å²) in [6, 6.07) is 0. The van der Waals surface area contributed by atoms with Crippen molar-refractivity contribution in [3.05, 3.63) is 72.9 Å². The number of aliphatic carboxylic acids is 1. The van der Waals surface area contributed by atoms with Crippen molar-refractivity contribution in [2.45, 2.75) is 64.7 Å². The molecule has 0 aliphatic rings. The minimum atomic E-state index is -0.802. The number of ketones is 1. The zero-order valence-corrected chi connectivity index (χ0v) is 19.2. The van der Waals surface area contributed by atoms with Crippen molar-refractivity contribution in [2.75, 3.05) is 11.5 Å². The van der Waals surface area contributed by atoms with Crippen LogP contribution in [-0.4, -0.2) is 28.4 Å². The summed E-state index contributed by atoms with van der Waals surface area (Å²) < 4.78 is 0. The largest absolute Gasteiger partial charge is 0.481 e. The fourth-order valence-electron chi connectivity index (χ4n) is 2.37. The molecular weight excluding hydrogens is 392 g/mol. The zero-order chi connectivity index (χ0) is 22.1. The van der Waals surface area contributed by atoms with Crippen LogP contribution in [0.4, 0.5) is 0 Å². The van der Waals surface area contributed by atoms with Gasteiger partial charge in [-0.2, -0.15) is 11.8 Å². The first-order valence-electron chi connectivity index (χ1n) is 10.9. The number of hydrogen-bond acceptors (Lipinski definition) is 3. The Kier molecular flexibility index (Phi) is 21.6. The zero-order valence-electron chi connectivity index (χ0n) is 18.4. The fraction of sp³-hybridized carbons (Fsp3) is 0.462. The highest BCUT2D eigenvalue weighted by molar-refractivity contribution is 7.99. The molecule has 0 radical (unpaired) electrons. The van der Waals surface area contributed by atoms with E-state index in [4.69, 9.17) is 5.11 Å². The second-order valence-corrected chi connectivity index (χ2v) is 7.81. The molecule has 0 fully saturated rings. The van der Waals surface area contributed by atoms with Crippen molar-refractivity contribution >= 4 is 23.5 Å². The molecule has 4 heteroatoms. The number of carboxylic acids is 1. The SMILES string of the molecule is CC/C=C\C/C=C\C/C=C\C/C=C\C/C=C\C/C=C\CC(=O)CCCSCC(=O)O. The van der Waals surface area contributed by atoms with Gasteiger partial charge in [-0.3, -0.25) is 9.59 Å². The van der Waals surface area contributed by atoms with Gasteiger partial charge >= 0.3 is 5.97 Å². The average molecular weight is 431 g/mol. The predicted molar refractivity (Wildman–Crippen MR) is 132 cm³/mol. The smallest absolute Gasteiger partial charge is 0.313 e. The molecule has 1 N–H and O–H groups in total. The molecule has 0 aromatic heterocycles. The Morgan fingerprint density at radius 3 is 1.57 bits per heavy atom. The number of allylic oxidation sites excluding steroid dienone is 12. The molecule has 0 aliphatic heterocycles. The van der Waals surface area contributed by atoms with Crippen molar-refractivity contribution in [1.82, 2.24) is 0 Å². The summed E-state index contributed by atoms with van der Waals surface area (Å²) in [5.41, 5.74) is 0. The van der Waals surface area contributed by atoms with E-state index in [1.807, 2.05) is 12.2 Å². The lowest BCUT2D eigenvalue weighted by atomic mass is 10.1. The van der Waals surface area contributed by atoms with Gasteiger partial charge in [-0.15, -0.1) is 0 Å². The monoisotopic (exact) mass is 430 g/mol. The highest BCUT2D eigenvalue weighted by atomic mass is 32.2. The summed E-state index contributed by atoms with van der Waals surface area (Å²) in [6.45, 7) is 2.15. The molecule has 3 nitrogen and oxygen atoms in total. The van der Waals surface area contributed by atoms with Crippen LogP contribution in [0, 0.1) is 0 Å². The number of hydrogen-bond donors (Lipinski definition) is 1. The molecule has 166 valence electrons. The van der Waals surface area contributed by atoms with Crippen LogP contribution in [0.5, 0.6) is 0 Å². The van der Waals surface area contributed by atoms with Crippen LogP contribution in [0.3, 0.4) is 0 Å². The van der Waals surface area contributed by atoms with Crippen LogP contribution in [0.25, 0.3) is 0 Å². The number of Topliss-reactive ketones (excluding diaryl/α,β-unsaturated/α-hetero) is 1. The van der Waals surface area contributed by atoms with Crippen LogP contribution in [0.15, 0.2) is 72.9 Å². The minimum absolute atomic E-state index is 0.112. The lowest BCUT2D eigenvalue weighted by Crippen LogP contribution is -2.00. The Bertz CT molecular complexity index is 610. The van der Waals surface area contributed by atoms with Crippen molar-refractivity contribution in [2.24, 2.45) is 0 Å². The van der Waals surface area contributed by atoms with Gasteiger partial charge in [0.05, 0.1) is 5.75 Å². The first-order chi connectivity index (χ1) is 14.7. The first-order valence-corrected chi connectivity index (χ1v) is 12.0. The van der Waals surface area contributed by atoms with Gasteiger partial charge < -0.3 is 5.11 Å². The molecule has 0 aromatic rings. The summed E-state index contributed by atoms with van der Waals surface area (Å²) in [7, 11) is 0. The Balaban J connectivity index is 3.58. The number of carboxylic acid groups (broad SMARTS) is 1. The number of thioether (sulfide) groups is 1. The first kappa shape index (κ1) is 27.9. The molecule has 0 aliphatic carbocycles. The minimum Gasteiger partial charge on any atom is -0.481 e. The van der Waals surface area contributed by atoms with Crippen molar-refractivity contribution in [1.29, 1.82) is 0 Å². The van der Waals surface area contributed by atoms with Crippen molar-refractivity contribution < 1.29 is 14.7 Å².